The molecular formula is C12H9FO3. The Bertz CT molecular complexity index is 543. The lowest BCUT2D eigenvalue weighted by Crippen LogP contribution is -1.85. The number of phenolic OH excluding ortho intramolecular Hbond substituents is 1. The van der Waals surface area contributed by atoms with Gasteiger partial charge in [0.1, 0.15) is 17.3 Å². The number of phenols is 1. The van der Waals surface area contributed by atoms with Crippen LogP contribution < -0.4 is 0 Å². The van der Waals surface area contributed by atoms with Crippen molar-refractivity contribution >= 4 is 6.29 Å². The third-order valence-electron chi connectivity index (χ3n) is 2.37. The Labute approximate surface area is 91.1 Å². The lowest BCUT2D eigenvalue weighted by molar-refractivity contribution is 0.110. The van der Waals surface area contributed by atoms with E-state index < -0.39 is 5.82 Å². The molecule has 1 heterocycles. The van der Waals surface area contributed by atoms with Crippen LogP contribution in [-0.2, 0) is 0 Å². The maximum absolute atomic E-state index is 13.1. The van der Waals surface area contributed by atoms with Crippen LogP contribution in [0.3, 0.4) is 0 Å². The lowest BCUT2D eigenvalue weighted by atomic mass is 10.1. The molecular weight excluding hydrogens is 211 g/mol. The molecule has 2 rings (SSSR count). The normalized spacial score (nSPS) is 10.4. The highest BCUT2D eigenvalue weighted by atomic mass is 19.1. The number of rotatable bonds is 2. The van der Waals surface area contributed by atoms with Gasteiger partial charge in [0.25, 0.3) is 0 Å². The minimum atomic E-state index is -0.483. The summed E-state index contributed by atoms with van der Waals surface area (Å²) in [6.07, 6.45) is 0.566. The van der Waals surface area contributed by atoms with Crippen molar-refractivity contribution in [2.45, 2.75) is 6.92 Å². The summed E-state index contributed by atoms with van der Waals surface area (Å²) < 4.78 is 18.2. The quantitative estimate of drug-likeness (QED) is 0.791. The van der Waals surface area contributed by atoms with E-state index in [-0.39, 0.29) is 17.1 Å². The molecule has 0 spiro atoms. The van der Waals surface area contributed by atoms with Gasteiger partial charge in [0, 0.05) is 5.56 Å². The van der Waals surface area contributed by atoms with Crippen LogP contribution in [0.4, 0.5) is 4.39 Å². The summed E-state index contributed by atoms with van der Waals surface area (Å²) in [5, 5.41) is 9.73. The highest BCUT2D eigenvalue weighted by Crippen LogP contribution is 2.33. The second-order valence-corrected chi connectivity index (χ2v) is 3.39. The van der Waals surface area contributed by atoms with Crippen molar-refractivity contribution in [1.82, 2.24) is 0 Å². The molecule has 0 saturated carbocycles. The Morgan fingerprint density at radius 3 is 2.69 bits per heavy atom. The van der Waals surface area contributed by atoms with Gasteiger partial charge < -0.3 is 9.52 Å². The molecule has 0 atom stereocenters. The van der Waals surface area contributed by atoms with E-state index in [1.54, 1.807) is 6.07 Å². The van der Waals surface area contributed by atoms with Crippen LogP contribution in [0.5, 0.6) is 5.75 Å². The average Bonchev–Trinajstić information content (AvgIpc) is 2.74. The Balaban J connectivity index is 2.56. The second-order valence-electron chi connectivity index (χ2n) is 3.39. The summed E-state index contributed by atoms with van der Waals surface area (Å²) in [5.74, 6) is -0.158. The van der Waals surface area contributed by atoms with Crippen molar-refractivity contribution in [2.24, 2.45) is 0 Å². The number of hydrogen-bond donors (Lipinski definition) is 1. The molecule has 3 nitrogen and oxygen atoms in total. The number of aromatic hydroxyl groups is 1. The number of carbonyl (C=O) groups is 1. The van der Waals surface area contributed by atoms with Gasteiger partial charge in [0.05, 0.1) is 5.56 Å². The number of aldehydes is 1. The Kier molecular flexibility index (Phi) is 2.48. The predicted molar refractivity (Wildman–Crippen MR) is 55.9 cm³/mol. The summed E-state index contributed by atoms with van der Waals surface area (Å²) in [4.78, 5) is 10.4. The maximum Gasteiger partial charge on any atom is 0.185 e. The summed E-state index contributed by atoms with van der Waals surface area (Å²) >= 11 is 0. The van der Waals surface area contributed by atoms with Gasteiger partial charge in [-0.05, 0) is 31.2 Å². The van der Waals surface area contributed by atoms with Gasteiger partial charge in [-0.1, -0.05) is 0 Å². The first kappa shape index (κ1) is 10.4. The Morgan fingerprint density at radius 1 is 1.31 bits per heavy atom. The first-order valence-corrected chi connectivity index (χ1v) is 4.67. The van der Waals surface area contributed by atoms with Gasteiger partial charge in [-0.15, -0.1) is 0 Å². The fourth-order valence-corrected chi connectivity index (χ4v) is 1.44. The smallest absolute Gasteiger partial charge is 0.185 e. The fourth-order valence-electron chi connectivity index (χ4n) is 1.44. The van der Waals surface area contributed by atoms with E-state index in [0.29, 0.717) is 17.6 Å². The molecule has 0 aliphatic carbocycles. The van der Waals surface area contributed by atoms with Crippen molar-refractivity contribution in [3.63, 3.8) is 0 Å². The fraction of sp³-hybridized carbons (Fsp3) is 0.0833. The van der Waals surface area contributed by atoms with Crippen LogP contribution >= 0.6 is 0 Å². The average molecular weight is 220 g/mol. The predicted octanol–water partition coefficient (Wildman–Crippen LogP) is 2.91. The van der Waals surface area contributed by atoms with Gasteiger partial charge in [-0.3, -0.25) is 4.79 Å². The van der Waals surface area contributed by atoms with Crippen LogP contribution in [0.1, 0.15) is 16.1 Å². The lowest BCUT2D eigenvalue weighted by Gasteiger charge is -2.05. The van der Waals surface area contributed by atoms with E-state index in [1.165, 1.54) is 25.1 Å². The van der Waals surface area contributed by atoms with Crippen LogP contribution in [0.2, 0.25) is 0 Å². The minimum absolute atomic E-state index is 0.154. The van der Waals surface area contributed by atoms with Crippen molar-refractivity contribution in [3.05, 3.63) is 41.4 Å². The van der Waals surface area contributed by atoms with E-state index in [2.05, 4.69) is 0 Å². The highest BCUT2D eigenvalue weighted by Gasteiger charge is 2.13. The standard InChI is InChI=1S/C12H9FO3/c1-7-10(13)4-3-9(12(7)15)11-5-2-8(6-14)16-11/h2-6,15H,1H3. The molecule has 0 fully saturated rings. The van der Waals surface area contributed by atoms with Crippen molar-refractivity contribution in [1.29, 1.82) is 0 Å². The molecule has 0 radical (unpaired) electrons. The van der Waals surface area contributed by atoms with E-state index in [0.717, 1.165) is 0 Å². The van der Waals surface area contributed by atoms with Gasteiger partial charge >= 0.3 is 0 Å². The highest BCUT2D eigenvalue weighted by molar-refractivity contribution is 5.74. The maximum atomic E-state index is 13.1. The molecule has 0 amide bonds. The molecule has 0 unspecified atom stereocenters. The molecule has 4 heteroatoms. The van der Waals surface area contributed by atoms with Crippen LogP contribution in [0, 0.1) is 12.7 Å². The molecule has 0 aliphatic heterocycles. The van der Waals surface area contributed by atoms with Crippen LogP contribution in [0.15, 0.2) is 28.7 Å². The molecule has 0 aliphatic rings. The van der Waals surface area contributed by atoms with E-state index >= 15 is 0 Å². The summed E-state index contributed by atoms with van der Waals surface area (Å²) in [7, 11) is 0. The third-order valence-corrected chi connectivity index (χ3v) is 2.37. The zero-order chi connectivity index (χ0) is 11.7. The summed E-state index contributed by atoms with van der Waals surface area (Å²) in [5.41, 5.74) is 0.522. The topological polar surface area (TPSA) is 50.4 Å². The zero-order valence-electron chi connectivity index (χ0n) is 8.53. The number of furan rings is 1. The van der Waals surface area contributed by atoms with E-state index in [1.807, 2.05) is 0 Å². The minimum Gasteiger partial charge on any atom is -0.507 e. The molecule has 0 bridgehead atoms. The molecule has 1 N–H and O–H groups in total. The van der Waals surface area contributed by atoms with Gasteiger partial charge in [-0.2, -0.15) is 0 Å². The van der Waals surface area contributed by atoms with Crippen molar-refractivity contribution in [3.8, 4) is 17.1 Å². The molecule has 2 aromatic rings. The second kappa shape index (κ2) is 3.81. The Hall–Kier alpha value is -2.10. The third kappa shape index (κ3) is 1.58. The Morgan fingerprint density at radius 2 is 2.06 bits per heavy atom. The number of halogens is 1. The molecule has 1 aromatic heterocycles. The van der Waals surface area contributed by atoms with Crippen LogP contribution in [0.25, 0.3) is 11.3 Å². The number of benzene rings is 1. The van der Waals surface area contributed by atoms with E-state index in [4.69, 9.17) is 4.42 Å². The summed E-state index contributed by atoms with van der Waals surface area (Å²) in [6.45, 7) is 1.47. The van der Waals surface area contributed by atoms with Gasteiger partial charge in [0.2, 0.25) is 0 Å². The van der Waals surface area contributed by atoms with Crippen LogP contribution in [-0.4, -0.2) is 11.4 Å². The van der Waals surface area contributed by atoms with Gasteiger partial charge in [0.15, 0.2) is 12.0 Å². The number of carbonyl (C=O) groups excluding carboxylic acids is 1. The monoisotopic (exact) mass is 220 g/mol. The first-order valence-electron chi connectivity index (χ1n) is 4.67. The molecule has 16 heavy (non-hydrogen) atoms. The molecule has 82 valence electrons. The van der Waals surface area contributed by atoms with Crippen molar-refractivity contribution in [2.75, 3.05) is 0 Å². The number of hydrogen-bond acceptors (Lipinski definition) is 3. The SMILES string of the molecule is Cc1c(F)ccc(-c2ccc(C=O)o2)c1O. The molecule has 0 saturated heterocycles. The van der Waals surface area contributed by atoms with Crippen molar-refractivity contribution < 1.29 is 18.7 Å². The largest absolute Gasteiger partial charge is 0.507 e. The first-order chi connectivity index (χ1) is 7.63. The zero-order valence-corrected chi connectivity index (χ0v) is 8.53. The molecule has 1 aromatic carbocycles. The van der Waals surface area contributed by atoms with Gasteiger partial charge in [-0.25, -0.2) is 4.39 Å². The van der Waals surface area contributed by atoms with E-state index in [9.17, 15) is 14.3 Å². The summed E-state index contributed by atoms with van der Waals surface area (Å²) in [6, 6.07) is 5.69.